The fourth-order valence-electron chi connectivity index (χ4n) is 4.65. The van der Waals surface area contributed by atoms with Crippen molar-refractivity contribution in [3.05, 3.63) is 189 Å². The summed E-state index contributed by atoms with van der Waals surface area (Å²) < 4.78 is 21.8. The molecular weight excluding hydrogens is 658 g/mol. The van der Waals surface area contributed by atoms with Crippen LogP contribution in [0.1, 0.15) is 43.0 Å². The molecule has 0 saturated carbocycles. The first-order valence-corrected chi connectivity index (χ1v) is 16.2. The molecule has 0 aliphatic heterocycles. The second kappa shape index (κ2) is 18.9. The number of aryl methyl sites for hydroxylation is 2. The van der Waals surface area contributed by atoms with Gasteiger partial charge in [-0.15, -0.1) is 0 Å². The number of ether oxygens (including phenoxy) is 4. The number of nitrogens with zero attached hydrogens (tertiary/aromatic N) is 1. The fourth-order valence-corrected chi connectivity index (χ4v) is 4.65. The zero-order valence-electron chi connectivity index (χ0n) is 29.6. The van der Waals surface area contributed by atoms with Crippen LogP contribution in [0.2, 0.25) is 0 Å². The van der Waals surface area contributed by atoms with Gasteiger partial charge in [0.1, 0.15) is 34.5 Å². The number of carbonyl (C=O) groups is 2. The molecule has 0 radical (unpaired) electrons. The fraction of sp³-hybridized carbons (Fsp3) is 0.116. The standard InChI is InChI=1S/2C21H18O3.CH3NO2/c2*1-15-3-5-16(6-4-15)21(22)17-7-9-19(10-8-17)24-20-13-11-18(23-2)12-14-20;1-2(3)4/h2*3-14H,1-2H3;1H3. The first kappa shape index (κ1) is 38.1. The highest BCUT2D eigenvalue weighted by molar-refractivity contribution is 6.09. The Kier molecular flexibility index (Phi) is 13.8. The molecule has 6 aromatic carbocycles. The molecule has 0 unspecified atom stereocenters. The Bertz CT molecular complexity index is 1890. The van der Waals surface area contributed by atoms with Gasteiger partial charge in [0.05, 0.1) is 14.2 Å². The minimum atomic E-state index is -0.500. The van der Waals surface area contributed by atoms with E-state index in [9.17, 15) is 9.59 Å². The third-order valence-electron chi connectivity index (χ3n) is 7.45. The van der Waals surface area contributed by atoms with Crippen molar-refractivity contribution in [3.8, 4) is 34.5 Å². The number of methoxy groups -OCH3 is 2. The van der Waals surface area contributed by atoms with Crippen LogP contribution in [0.25, 0.3) is 0 Å². The van der Waals surface area contributed by atoms with Gasteiger partial charge in [0.25, 0.3) is 0 Å². The van der Waals surface area contributed by atoms with E-state index in [-0.39, 0.29) is 11.6 Å². The molecule has 9 heteroatoms. The third-order valence-corrected chi connectivity index (χ3v) is 7.45. The highest BCUT2D eigenvalue weighted by Gasteiger charge is 2.10. The molecule has 0 atom stereocenters. The van der Waals surface area contributed by atoms with Crippen molar-refractivity contribution in [1.82, 2.24) is 0 Å². The van der Waals surface area contributed by atoms with Gasteiger partial charge in [-0.2, -0.15) is 0 Å². The van der Waals surface area contributed by atoms with Crippen LogP contribution in [-0.2, 0) is 0 Å². The van der Waals surface area contributed by atoms with Gasteiger partial charge in [-0.25, -0.2) is 0 Å². The molecule has 0 spiro atoms. The number of hydrogen-bond donors (Lipinski definition) is 0. The molecule has 0 aliphatic rings. The number of carbonyl (C=O) groups excluding carboxylic acids is 2. The molecule has 6 aromatic rings. The van der Waals surface area contributed by atoms with Crippen molar-refractivity contribution < 1.29 is 33.5 Å². The van der Waals surface area contributed by atoms with E-state index in [0.717, 1.165) is 29.7 Å². The van der Waals surface area contributed by atoms with Crippen molar-refractivity contribution in [2.75, 3.05) is 21.3 Å². The topological polar surface area (TPSA) is 114 Å². The van der Waals surface area contributed by atoms with E-state index < -0.39 is 4.92 Å². The lowest BCUT2D eigenvalue weighted by Crippen LogP contribution is -2.00. The normalized spacial score (nSPS) is 9.94. The Morgan fingerprint density at radius 3 is 0.846 bits per heavy atom. The lowest BCUT2D eigenvalue weighted by atomic mass is 10.0. The summed E-state index contributed by atoms with van der Waals surface area (Å²) >= 11 is 0. The molecule has 0 aliphatic carbocycles. The second-order valence-electron chi connectivity index (χ2n) is 11.4. The quantitative estimate of drug-likeness (QED) is 0.0790. The van der Waals surface area contributed by atoms with E-state index in [4.69, 9.17) is 29.1 Å². The number of ketones is 2. The predicted octanol–water partition coefficient (Wildman–Crippen LogP) is 9.95. The zero-order chi connectivity index (χ0) is 37.5. The van der Waals surface area contributed by atoms with Crippen LogP contribution in [0, 0.1) is 24.0 Å². The Hall–Kier alpha value is -6.74. The van der Waals surface area contributed by atoms with E-state index in [1.54, 1.807) is 62.8 Å². The summed E-state index contributed by atoms with van der Waals surface area (Å²) in [5.41, 5.74) is 4.92. The van der Waals surface area contributed by atoms with Crippen LogP contribution in [0.15, 0.2) is 146 Å². The van der Waals surface area contributed by atoms with Gasteiger partial charge >= 0.3 is 0 Å². The minimum absolute atomic E-state index is 0.00555. The maximum absolute atomic E-state index is 12.4. The summed E-state index contributed by atoms with van der Waals surface area (Å²) in [5.74, 6) is 4.36. The predicted molar refractivity (Wildman–Crippen MR) is 201 cm³/mol. The average Bonchev–Trinajstić information content (AvgIpc) is 3.16. The van der Waals surface area contributed by atoms with Gasteiger partial charge in [0.2, 0.25) is 0 Å². The summed E-state index contributed by atoms with van der Waals surface area (Å²) in [6.45, 7) is 4.00. The Labute approximate surface area is 303 Å². The summed E-state index contributed by atoms with van der Waals surface area (Å²) in [6.07, 6.45) is 0. The van der Waals surface area contributed by atoms with E-state index in [1.807, 2.05) is 111 Å². The number of rotatable bonds is 10. The molecule has 0 aromatic heterocycles. The molecule has 0 N–H and O–H groups in total. The first-order chi connectivity index (χ1) is 25.0. The molecule has 9 nitrogen and oxygen atoms in total. The van der Waals surface area contributed by atoms with Gasteiger partial charge < -0.3 is 18.9 Å². The van der Waals surface area contributed by atoms with Crippen LogP contribution in [0.5, 0.6) is 34.5 Å². The Morgan fingerprint density at radius 1 is 0.423 bits per heavy atom. The maximum Gasteiger partial charge on any atom is 0.194 e. The van der Waals surface area contributed by atoms with Crippen LogP contribution >= 0.6 is 0 Å². The summed E-state index contributed by atoms with van der Waals surface area (Å²) in [5, 5.41) is 8.81. The number of benzene rings is 6. The van der Waals surface area contributed by atoms with Crippen LogP contribution in [0.4, 0.5) is 0 Å². The molecular formula is C43H39NO8. The molecule has 0 saturated heterocycles. The molecule has 0 amide bonds. The Morgan fingerprint density at radius 2 is 0.615 bits per heavy atom. The zero-order valence-corrected chi connectivity index (χ0v) is 29.6. The van der Waals surface area contributed by atoms with E-state index >= 15 is 0 Å². The smallest absolute Gasteiger partial charge is 0.194 e. The molecule has 0 fully saturated rings. The van der Waals surface area contributed by atoms with Gasteiger partial charge in [-0.05, 0) is 111 Å². The maximum atomic E-state index is 12.4. The lowest BCUT2D eigenvalue weighted by Gasteiger charge is -2.07. The molecule has 52 heavy (non-hydrogen) atoms. The van der Waals surface area contributed by atoms with E-state index in [2.05, 4.69) is 0 Å². The van der Waals surface area contributed by atoms with Crippen molar-refractivity contribution in [3.63, 3.8) is 0 Å². The lowest BCUT2D eigenvalue weighted by molar-refractivity contribution is -0.445. The van der Waals surface area contributed by atoms with Crippen molar-refractivity contribution >= 4 is 11.6 Å². The molecule has 6 rings (SSSR count). The molecule has 0 bridgehead atoms. The summed E-state index contributed by atoms with van der Waals surface area (Å²) in [6, 6.07) is 44.1. The van der Waals surface area contributed by atoms with Gasteiger partial charge in [0, 0.05) is 27.2 Å². The largest absolute Gasteiger partial charge is 0.497 e. The summed E-state index contributed by atoms with van der Waals surface area (Å²) in [7, 11) is 4.14. The SMILES string of the molecule is COc1ccc(Oc2ccc(C(=O)c3ccc(C)cc3)cc2)cc1.COc1ccc(Oc2ccc(C(=O)c3ccc(C)cc3)cc2)cc1.C[N+](=O)[O-]. The van der Waals surface area contributed by atoms with Crippen molar-refractivity contribution in [2.45, 2.75) is 13.8 Å². The highest BCUT2D eigenvalue weighted by Crippen LogP contribution is 2.26. The van der Waals surface area contributed by atoms with Crippen molar-refractivity contribution in [2.24, 2.45) is 0 Å². The Balaban J connectivity index is 0.000000211. The number of nitro groups is 1. The number of hydrogen-bond acceptors (Lipinski definition) is 8. The third kappa shape index (κ3) is 11.7. The van der Waals surface area contributed by atoms with Gasteiger partial charge in [-0.3, -0.25) is 19.7 Å². The molecule has 264 valence electrons. The molecule has 0 heterocycles. The van der Waals surface area contributed by atoms with E-state index in [1.165, 1.54) is 0 Å². The van der Waals surface area contributed by atoms with Crippen LogP contribution in [-0.4, -0.2) is 37.8 Å². The second-order valence-corrected chi connectivity index (χ2v) is 11.4. The van der Waals surface area contributed by atoms with Crippen LogP contribution < -0.4 is 18.9 Å². The van der Waals surface area contributed by atoms with Gasteiger partial charge in [-0.1, -0.05) is 59.7 Å². The van der Waals surface area contributed by atoms with E-state index in [0.29, 0.717) is 45.3 Å². The average molecular weight is 698 g/mol. The van der Waals surface area contributed by atoms with Crippen LogP contribution in [0.3, 0.4) is 0 Å². The highest BCUT2D eigenvalue weighted by atomic mass is 16.6. The minimum Gasteiger partial charge on any atom is -0.497 e. The first-order valence-electron chi connectivity index (χ1n) is 16.2. The van der Waals surface area contributed by atoms with Crippen molar-refractivity contribution in [1.29, 1.82) is 0 Å². The monoisotopic (exact) mass is 697 g/mol. The van der Waals surface area contributed by atoms with Gasteiger partial charge in [0.15, 0.2) is 18.6 Å². The summed E-state index contributed by atoms with van der Waals surface area (Å²) in [4.78, 5) is 33.2.